The van der Waals surface area contributed by atoms with E-state index in [1.54, 1.807) is 0 Å². The van der Waals surface area contributed by atoms with E-state index in [0.29, 0.717) is 20.2 Å². The van der Waals surface area contributed by atoms with Gasteiger partial charge in [0, 0.05) is 20.3 Å². The fourth-order valence-corrected chi connectivity index (χ4v) is 6.07. The van der Waals surface area contributed by atoms with E-state index in [4.69, 9.17) is 18.6 Å². The normalized spacial score (nSPS) is 23.6. The number of aromatic hydroxyl groups is 2. The molecule has 0 atom stereocenters. The molecule has 2 N–H and O–H groups in total. The van der Waals surface area contributed by atoms with Crippen LogP contribution in [0.1, 0.15) is 55.4 Å². The lowest BCUT2D eigenvalue weighted by Gasteiger charge is -2.32. The molecule has 0 amide bonds. The van der Waals surface area contributed by atoms with E-state index in [-0.39, 0.29) is 11.5 Å². The molecule has 0 radical (unpaired) electrons. The second-order valence-electron chi connectivity index (χ2n) is 10.7. The second-order valence-corrected chi connectivity index (χ2v) is 12.8. The Balaban J connectivity index is 1.57. The van der Waals surface area contributed by atoms with Crippen molar-refractivity contribution in [1.82, 2.24) is 0 Å². The summed E-state index contributed by atoms with van der Waals surface area (Å²) in [5, 5.41) is 23.4. The molecule has 0 unspecified atom stereocenters. The first-order valence-electron chi connectivity index (χ1n) is 10.8. The quantitative estimate of drug-likeness (QED) is 0.430. The molecule has 10 heteroatoms. The van der Waals surface area contributed by atoms with Crippen molar-refractivity contribution in [3.63, 3.8) is 0 Å². The molecule has 4 heterocycles. The van der Waals surface area contributed by atoms with Gasteiger partial charge in [0.2, 0.25) is 0 Å². The number of phenolic OH excluding ortho intramolecular Hbond substituents is 2. The Hall–Kier alpha value is -1.29. The third-order valence-corrected chi connectivity index (χ3v) is 9.74. The zero-order valence-electron chi connectivity index (χ0n) is 19.7. The topological polar surface area (TPSA) is 77.4 Å². The monoisotopic (exact) mass is 474 g/mol. The van der Waals surface area contributed by atoms with Gasteiger partial charge < -0.3 is 28.8 Å². The number of fused-ring (bicyclic) bond motifs is 2. The first kappa shape index (κ1) is 22.5. The molecule has 3 aromatic rings. The molecule has 2 aliphatic rings. The summed E-state index contributed by atoms with van der Waals surface area (Å²) in [6.07, 6.45) is 0. The lowest BCUT2D eigenvalue weighted by Crippen LogP contribution is -2.41. The molecule has 0 spiro atoms. The maximum absolute atomic E-state index is 11.1. The summed E-state index contributed by atoms with van der Waals surface area (Å²) in [6.45, 7) is 16.0. The fourth-order valence-electron chi connectivity index (χ4n) is 3.92. The summed E-state index contributed by atoms with van der Waals surface area (Å²) < 4.78 is 27.5. The van der Waals surface area contributed by atoms with Gasteiger partial charge in [0.05, 0.1) is 31.8 Å². The van der Waals surface area contributed by atoms with Crippen LogP contribution in [0.5, 0.6) is 11.5 Å². The van der Waals surface area contributed by atoms with Gasteiger partial charge in [0.1, 0.15) is 11.5 Å². The SMILES string of the molecule is CC1(C)OB(c2cc3c(O)c4sc(B5OC(C)(C)C(C)(C)O5)cc4c(O)c3s2)OC1(C)C. The van der Waals surface area contributed by atoms with Crippen molar-refractivity contribution in [3.05, 3.63) is 12.1 Å². The minimum Gasteiger partial charge on any atom is -0.506 e. The van der Waals surface area contributed by atoms with Gasteiger partial charge in [-0.15, -0.1) is 22.7 Å². The average molecular weight is 474 g/mol. The highest BCUT2D eigenvalue weighted by Gasteiger charge is 2.53. The van der Waals surface area contributed by atoms with Crippen molar-refractivity contribution >= 4 is 66.6 Å². The molecule has 0 aliphatic carbocycles. The summed E-state index contributed by atoms with van der Waals surface area (Å²) in [6, 6.07) is 3.70. The largest absolute Gasteiger partial charge is 0.506 e. The summed E-state index contributed by atoms with van der Waals surface area (Å²) >= 11 is 2.75. The average Bonchev–Trinajstić information content (AvgIpc) is 3.37. The van der Waals surface area contributed by atoms with Crippen LogP contribution in [0.15, 0.2) is 12.1 Å². The van der Waals surface area contributed by atoms with E-state index in [1.165, 1.54) is 22.7 Å². The van der Waals surface area contributed by atoms with Crippen molar-refractivity contribution in [2.45, 2.75) is 77.8 Å². The van der Waals surface area contributed by atoms with Gasteiger partial charge in [-0.1, -0.05) is 0 Å². The lowest BCUT2D eigenvalue weighted by molar-refractivity contribution is 0.00578. The highest BCUT2D eigenvalue weighted by Crippen LogP contribution is 2.47. The van der Waals surface area contributed by atoms with E-state index < -0.39 is 36.6 Å². The Kier molecular flexibility index (Phi) is 4.67. The van der Waals surface area contributed by atoms with Crippen LogP contribution >= 0.6 is 22.7 Å². The highest BCUT2D eigenvalue weighted by molar-refractivity contribution is 7.30. The maximum Gasteiger partial charge on any atom is 0.505 e. The number of rotatable bonds is 2. The van der Waals surface area contributed by atoms with Crippen LogP contribution in [0.4, 0.5) is 0 Å². The molecular formula is C22H28B2O6S2. The molecule has 2 aromatic heterocycles. The van der Waals surface area contributed by atoms with E-state index in [9.17, 15) is 10.2 Å². The molecule has 0 saturated carbocycles. The van der Waals surface area contributed by atoms with Crippen molar-refractivity contribution in [1.29, 1.82) is 0 Å². The molecule has 2 fully saturated rings. The summed E-state index contributed by atoms with van der Waals surface area (Å²) in [7, 11) is -1.09. The molecule has 2 aliphatic heterocycles. The number of hydrogen-bond donors (Lipinski definition) is 2. The fraction of sp³-hybridized carbons (Fsp3) is 0.545. The van der Waals surface area contributed by atoms with Gasteiger partial charge >= 0.3 is 14.2 Å². The minimum absolute atomic E-state index is 0.139. The van der Waals surface area contributed by atoms with E-state index >= 15 is 0 Å². The number of thiophene rings is 2. The predicted molar refractivity (Wildman–Crippen MR) is 132 cm³/mol. The lowest BCUT2D eigenvalue weighted by atomic mass is 9.87. The summed E-state index contributed by atoms with van der Waals surface area (Å²) in [5.74, 6) is 0.277. The molecule has 170 valence electrons. The molecule has 5 rings (SSSR count). The second kappa shape index (κ2) is 6.64. The molecular weight excluding hydrogens is 446 g/mol. The zero-order valence-corrected chi connectivity index (χ0v) is 21.3. The van der Waals surface area contributed by atoms with Crippen LogP contribution in [0.3, 0.4) is 0 Å². The number of benzene rings is 1. The van der Waals surface area contributed by atoms with Crippen LogP contribution in [-0.2, 0) is 18.6 Å². The standard InChI is InChI=1S/C22H28B2O6S2/c1-19(2)20(3,4)28-23(27-19)13-9-11-15(25)18-12(16(26)17(11)31-13)10-14(32-18)24-29-21(5,6)22(7,8)30-24/h9-10,25-26H,1-8H3. The van der Waals surface area contributed by atoms with Gasteiger partial charge in [-0.3, -0.25) is 0 Å². The van der Waals surface area contributed by atoms with Crippen LogP contribution < -0.4 is 9.55 Å². The predicted octanol–water partition coefficient (Wildman–Crippen LogP) is 4.13. The smallest absolute Gasteiger partial charge is 0.505 e. The first-order chi connectivity index (χ1) is 14.6. The Labute approximate surface area is 196 Å². The van der Waals surface area contributed by atoms with E-state index in [0.717, 1.165) is 9.55 Å². The summed E-state index contributed by atoms with van der Waals surface area (Å²) in [4.78, 5) is 0. The van der Waals surface area contributed by atoms with Crippen LogP contribution in [-0.4, -0.2) is 46.9 Å². The van der Waals surface area contributed by atoms with Crippen LogP contribution in [0.2, 0.25) is 0 Å². The Morgan fingerprint density at radius 3 is 1.16 bits per heavy atom. The zero-order chi connectivity index (χ0) is 23.4. The van der Waals surface area contributed by atoms with Crippen molar-refractivity contribution in [2.24, 2.45) is 0 Å². The molecule has 2 saturated heterocycles. The maximum atomic E-state index is 11.1. The van der Waals surface area contributed by atoms with Gasteiger partial charge in [-0.05, 0) is 67.5 Å². The third-order valence-electron chi connectivity index (χ3n) is 7.41. The van der Waals surface area contributed by atoms with Crippen molar-refractivity contribution in [3.8, 4) is 11.5 Å². The van der Waals surface area contributed by atoms with E-state index in [1.807, 2.05) is 67.5 Å². The minimum atomic E-state index is -0.547. The van der Waals surface area contributed by atoms with Crippen molar-refractivity contribution < 1.29 is 28.8 Å². The van der Waals surface area contributed by atoms with Gasteiger partial charge in [0.25, 0.3) is 0 Å². The first-order valence-corrected chi connectivity index (χ1v) is 12.4. The van der Waals surface area contributed by atoms with Crippen LogP contribution in [0, 0.1) is 0 Å². The Morgan fingerprint density at radius 1 is 0.594 bits per heavy atom. The number of phenols is 2. The Bertz CT molecular complexity index is 1060. The van der Waals surface area contributed by atoms with Crippen LogP contribution in [0.25, 0.3) is 20.2 Å². The third kappa shape index (κ3) is 3.07. The summed E-state index contributed by atoms with van der Waals surface area (Å²) in [5.41, 5.74) is -1.85. The molecule has 32 heavy (non-hydrogen) atoms. The van der Waals surface area contributed by atoms with Gasteiger partial charge in [-0.2, -0.15) is 0 Å². The number of hydrogen-bond acceptors (Lipinski definition) is 8. The van der Waals surface area contributed by atoms with Gasteiger partial charge in [0.15, 0.2) is 0 Å². The molecule has 0 bridgehead atoms. The van der Waals surface area contributed by atoms with Crippen molar-refractivity contribution in [2.75, 3.05) is 0 Å². The Morgan fingerprint density at radius 2 is 0.875 bits per heavy atom. The molecule has 1 aromatic carbocycles. The van der Waals surface area contributed by atoms with E-state index in [2.05, 4.69) is 0 Å². The van der Waals surface area contributed by atoms with Gasteiger partial charge in [-0.25, -0.2) is 0 Å². The highest BCUT2D eigenvalue weighted by atomic mass is 32.1. The molecule has 6 nitrogen and oxygen atoms in total.